The topological polar surface area (TPSA) is 79.0 Å². The second-order valence-electron chi connectivity index (χ2n) is 3.85. The molecular formula is C13H7ClIN3O2. The van der Waals surface area contributed by atoms with Gasteiger partial charge in [0.05, 0.1) is 15.6 Å². The number of halogens is 2. The largest absolute Gasteiger partial charge is 0.354 e. The summed E-state index contributed by atoms with van der Waals surface area (Å²) in [5.41, 5.74) is 1.02. The summed E-state index contributed by atoms with van der Waals surface area (Å²) in [6.07, 6.45) is 0. The molecule has 1 N–H and O–H groups in total. The third-order valence-electron chi connectivity index (χ3n) is 2.52. The number of nitrogens with zero attached hydrogens (tertiary/aromatic N) is 2. The number of rotatable bonds is 3. The van der Waals surface area contributed by atoms with Crippen LogP contribution in [-0.2, 0) is 0 Å². The molecular weight excluding hydrogens is 393 g/mol. The summed E-state index contributed by atoms with van der Waals surface area (Å²) < 4.78 is 1.000. The average Bonchev–Trinajstić information content (AvgIpc) is 2.41. The number of hydrogen-bond donors (Lipinski definition) is 1. The van der Waals surface area contributed by atoms with E-state index in [0.29, 0.717) is 16.4 Å². The fraction of sp³-hybridized carbons (Fsp3) is 0. The van der Waals surface area contributed by atoms with Gasteiger partial charge in [-0.2, -0.15) is 5.26 Å². The van der Waals surface area contributed by atoms with Crippen LogP contribution in [0.5, 0.6) is 0 Å². The fourth-order valence-corrected chi connectivity index (χ4v) is 2.51. The third-order valence-corrected chi connectivity index (χ3v) is 3.51. The summed E-state index contributed by atoms with van der Waals surface area (Å²) in [5, 5.41) is 23.3. The van der Waals surface area contributed by atoms with Crippen LogP contribution in [0.4, 0.5) is 17.1 Å². The number of hydrogen-bond acceptors (Lipinski definition) is 4. The van der Waals surface area contributed by atoms with Crippen LogP contribution < -0.4 is 5.32 Å². The normalized spacial score (nSPS) is 9.85. The molecule has 0 aliphatic rings. The van der Waals surface area contributed by atoms with Crippen molar-refractivity contribution in [2.24, 2.45) is 0 Å². The van der Waals surface area contributed by atoms with Crippen LogP contribution >= 0.6 is 34.2 Å². The Morgan fingerprint density at radius 3 is 2.65 bits per heavy atom. The van der Waals surface area contributed by atoms with Gasteiger partial charge < -0.3 is 5.32 Å². The molecule has 0 amide bonds. The zero-order valence-corrected chi connectivity index (χ0v) is 12.8. The molecule has 0 bridgehead atoms. The maximum atomic E-state index is 10.8. The van der Waals surface area contributed by atoms with Crippen molar-refractivity contribution >= 4 is 51.3 Å². The molecule has 0 heterocycles. The second-order valence-corrected chi connectivity index (χ2v) is 5.50. The highest BCUT2D eigenvalue weighted by Gasteiger charge is 2.14. The van der Waals surface area contributed by atoms with Gasteiger partial charge in [0.15, 0.2) is 0 Å². The minimum absolute atomic E-state index is 0.00151. The van der Waals surface area contributed by atoms with Gasteiger partial charge in [-0.15, -0.1) is 0 Å². The van der Waals surface area contributed by atoms with Crippen molar-refractivity contribution in [1.82, 2.24) is 0 Å². The van der Waals surface area contributed by atoms with Crippen molar-refractivity contribution in [3.63, 3.8) is 0 Å². The molecule has 20 heavy (non-hydrogen) atoms. The average molecular weight is 400 g/mol. The minimum atomic E-state index is -0.583. The van der Waals surface area contributed by atoms with E-state index in [-0.39, 0.29) is 11.3 Å². The number of nitrogens with one attached hydrogen (secondary N) is 1. The predicted octanol–water partition coefficient (Wildman–Crippen LogP) is 4.47. The van der Waals surface area contributed by atoms with Crippen molar-refractivity contribution in [3.05, 3.63) is 60.7 Å². The van der Waals surface area contributed by atoms with Crippen molar-refractivity contribution < 1.29 is 4.92 Å². The summed E-state index contributed by atoms with van der Waals surface area (Å²) >= 11 is 8.24. The van der Waals surface area contributed by atoms with Crippen molar-refractivity contribution in [1.29, 1.82) is 5.26 Å². The molecule has 5 nitrogen and oxygen atoms in total. The first kappa shape index (κ1) is 14.6. The van der Waals surface area contributed by atoms with Crippen LogP contribution in [0.1, 0.15) is 5.56 Å². The minimum Gasteiger partial charge on any atom is -0.354 e. The highest BCUT2D eigenvalue weighted by atomic mass is 127. The van der Waals surface area contributed by atoms with E-state index in [2.05, 4.69) is 27.9 Å². The molecule has 0 spiro atoms. The van der Waals surface area contributed by atoms with Crippen molar-refractivity contribution in [3.8, 4) is 6.07 Å². The molecule has 0 radical (unpaired) electrons. The van der Waals surface area contributed by atoms with Gasteiger partial charge in [0.2, 0.25) is 0 Å². The molecule has 100 valence electrons. The summed E-state index contributed by atoms with van der Waals surface area (Å²) in [6.45, 7) is 0. The van der Waals surface area contributed by atoms with Crippen molar-refractivity contribution in [2.75, 3.05) is 5.32 Å². The van der Waals surface area contributed by atoms with Crippen LogP contribution in [0.2, 0.25) is 5.02 Å². The first-order valence-corrected chi connectivity index (χ1v) is 6.87. The van der Waals surface area contributed by atoms with Crippen LogP contribution in [0.15, 0.2) is 36.4 Å². The molecule has 2 rings (SSSR count). The standard InChI is InChI=1S/C13H7ClIN3O2/c14-11-6-9(15)1-3-12(11)17-10-2-4-13(18(19)20)8(5-10)7-16/h1-6,17H. The number of nitro benzene ring substituents is 1. The van der Waals surface area contributed by atoms with Crippen molar-refractivity contribution in [2.45, 2.75) is 0 Å². The Balaban J connectivity index is 2.35. The highest BCUT2D eigenvalue weighted by molar-refractivity contribution is 14.1. The summed E-state index contributed by atoms with van der Waals surface area (Å²) in [4.78, 5) is 10.2. The van der Waals surface area contributed by atoms with E-state index in [1.165, 1.54) is 18.2 Å². The van der Waals surface area contributed by atoms with Gasteiger partial charge in [0.25, 0.3) is 5.69 Å². The van der Waals surface area contributed by atoms with Crippen LogP contribution in [0.25, 0.3) is 0 Å². The van der Waals surface area contributed by atoms with Crippen LogP contribution in [0.3, 0.4) is 0 Å². The first-order chi connectivity index (χ1) is 9.51. The molecule has 0 aliphatic carbocycles. The Labute approximate surface area is 133 Å². The predicted molar refractivity (Wildman–Crippen MR) is 85.3 cm³/mol. The van der Waals surface area contributed by atoms with E-state index in [4.69, 9.17) is 16.9 Å². The SMILES string of the molecule is N#Cc1cc(Nc2ccc(I)cc2Cl)ccc1[N+](=O)[O-]. The van der Waals surface area contributed by atoms with E-state index in [9.17, 15) is 10.1 Å². The number of benzene rings is 2. The number of anilines is 2. The van der Waals surface area contributed by atoms with Gasteiger partial charge in [0.1, 0.15) is 11.6 Å². The summed E-state index contributed by atoms with van der Waals surface area (Å²) in [5.74, 6) is 0. The van der Waals surface area contributed by atoms with Gasteiger partial charge in [-0.1, -0.05) is 11.6 Å². The Morgan fingerprint density at radius 2 is 2.05 bits per heavy atom. The molecule has 0 unspecified atom stereocenters. The van der Waals surface area contributed by atoms with Gasteiger partial charge >= 0.3 is 0 Å². The quantitative estimate of drug-likeness (QED) is 0.469. The molecule has 0 saturated carbocycles. The number of nitriles is 1. The van der Waals surface area contributed by atoms with Gasteiger partial charge in [-0.05, 0) is 52.9 Å². The zero-order valence-electron chi connectivity index (χ0n) is 9.93. The Hall–Kier alpha value is -1.85. The Bertz CT molecular complexity index is 728. The van der Waals surface area contributed by atoms with Crippen LogP contribution in [-0.4, -0.2) is 4.92 Å². The lowest BCUT2D eigenvalue weighted by molar-refractivity contribution is -0.385. The Morgan fingerprint density at radius 1 is 1.30 bits per heavy atom. The van der Waals surface area contributed by atoms with E-state index in [0.717, 1.165) is 3.57 Å². The monoisotopic (exact) mass is 399 g/mol. The zero-order chi connectivity index (χ0) is 14.7. The molecule has 0 saturated heterocycles. The van der Waals surface area contributed by atoms with E-state index in [1.54, 1.807) is 12.1 Å². The van der Waals surface area contributed by atoms with E-state index in [1.807, 2.05) is 12.1 Å². The lowest BCUT2D eigenvalue weighted by Crippen LogP contribution is -1.96. The molecule has 2 aromatic carbocycles. The van der Waals surface area contributed by atoms with Gasteiger partial charge in [-0.3, -0.25) is 10.1 Å². The third kappa shape index (κ3) is 3.18. The molecule has 2 aromatic rings. The highest BCUT2D eigenvalue weighted by Crippen LogP contribution is 2.29. The molecule has 7 heteroatoms. The maximum absolute atomic E-state index is 10.8. The second kappa shape index (κ2) is 6.07. The maximum Gasteiger partial charge on any atom is 0.287 e. The van der Waals surface area contributed by atoms with Gasteiger partial charge in [-0.25, -0.2) is 0 Å². The fourth-order valence-electron chi connectivity index (χ4n) is 1.61. The van der Waals surface area contributed by atoms with Gasteiger partial charge in [0, 0.05) is 15.3 Å². The molecule has 0 atom stereocenters. The first-order valence-electron chi connectivity index (χ1n) is 5.42. The Kier molecular flexibility index (Phi) is 4.42. The number of nitro groups is 1. The molecule has 0 fully saturated rings. The summed E-state index contributed by atoms with van der Waals surface area (Å²) in [7, 11) is 0. The van der Waals surface area contributed by atoms with E-state index < -0.39 is 4.92 Å². The smallest absolute Gasteiger partial charge is 0.287 e. The lowest BCUT2D eigenvalue weighted by Gasteiger charge is -2.09. The molecule has 0 aromatic heterocycles. The summed E-state index contributed by atoms with van der Waals surface area (Å²) in [6, 6.07) is 11.5. The lowest BCUT2D eigenvalue weighted by atomic mass is 10.1. The van der Waals surface area contributed by atoms with E-state index >= 15 is 0 Å². The molecule has 0 aliphatic heterocycles. The van der Waals surface area contributed by atoms with Crippen LogP contribution in [0, 0.1) is 25.0 Å².